The van der Waals surface area contributed by atoms with Crippen LogP contribution in [0.2, 0.25) is 0 Å². The fourth-order valence-electron chi connectivity index (χ4n) is 2.02. The molecule has 0 atom stereocenters. The molecule has 1 saturated heterocycles. The van der Waals surface area contributed by atoms with Crippen molar-refractivity contribution in [2.24, 2.45) is 0 Å². The SMILES string of the molecule is COc1ccc(C#CCN2CCNCC2)c(C)c1. The summed E-state index contributed by atoms with van der Waals surface area (Å²) >= 11 is 0. The largest absolute Gasteiger partial charge is 0.497 e. The van der Waals surface area contributed by atoms with Crippen molar-refractivity contribution in [3.63, 3.8) is 0 Å². The summed E-state index contributed by atoms with van der Waals surface area (Å²) in [5.74, 6) is 7.39. The van der Waals surface area contributed by atoms with Crippen molar-refractivity contribution in [2.45, 2.75) is 6.92 Å². The highest BCUT2D eigenvalue weighted by Gasteiger charge is 2.06. The van der Waals surface area contributed by atoms with Crippen LogP contribution in [0.1, 0.15) is 11.1 Å². The predicted molar refractivity (Wildman–Crippen MR) is 73.9 cm³/mol. The van der Waals surface area contributed by atoms with Crippen LogP contribution in [0.4, 0.5) is 0 Å². The van der Waals surface area contributed by atoms with Gasteiger partial charge in [-0.25, -0.2) is 0 Å². The predicted octanol–water partition coefficient (Wildman–Crippen LogP) is 1.26. The second-order valence-corrected chi connectivity index (χ2v) is 4.51. The lowest BCUT2D eigenvalue weighted by Gasteiger charge is -2.24. The van der Waals surface area contributed by atoms with Crippen LogP contribution in [0, 0.1) is 18.8 Å². The first-order valence-corrected chi connectivity index (χ1v) is 6.36. The van der Waals surface area contributed by atoms with Crippen LogP contribution < -0.4 is 10.1 Å². The maximum atomic E-state index is 5.19. The third-order valence-electron chi connectivity index (χ3n) is 3.17. The molecule has 0 spiro atoms. The highest BCUT2D eigenvalue weighted by atomic mass is 16.5. The molecule has 1 aliphatic heterocycles. The lowest BCUT2D eigenvalue weighted by atomic mass is 10.1. The monoisotopic (exact) mass is 244 g/mol. The fourth-order valence-corrected chi connectivity index (χ4v) is 2.02. The molecule has 18 heavy (non-hydrogen) atoms. The van der Waals surface area contributed by atoms with Gasteiger partial charge < -0.3 is 10.1 Å². The van der Waals surface area contributed by atoms with Gasteiger partial charge in [0.1, 0.15) is 5.75 Å². The van der Waals surface area contributed by atoms with Crippen molar-refractivity contribution in [3.8, 4) is 17.6 Å². The van der Waals surface area contributed by atoms with Crippen LogP contribution in [0.25, 0.3) is 0 Å². The first-order chi connectivity index (χ1) is 8.79. The van der Waals surface area contributed by atoms with E-state index in [-0.39, 0.29) is 0 Å². The van der Waals surface area contributed by atoms with E-state index in [2.05, 4.69) is 29.0 Å². The van der Waals surface area contributed by atoms with Gasteiger partial charge in [-0.15, -0.1) is 0 Å². The van der Waals surface area contributed by atoms with Crippen molar-refractivity contribution < 1.29 is 4.74 Å². The maximum absolute atomic E-state index is 5.19. The Morgan fingerprint density at radius 1 is 1.33 bits per heavy atom. The molecule has 1 N–H and O–H groups in total. The zero-order chi connectivity index (χ0) is 12.8. The lowest BCUT2D eigenvalue weighted by molar-refractivity contribution is 0.268. The van der Waals surface area contributed by atoms with Gasteiger partial charge in [-0.1, -0.05) is 11.8 Å². The molecule has 1 aliphatic rings. The average Bonchev–Trinajstić information content (AvgIpc) is 2.42. The van der Waals surface area contributed by atoms with Crippen molar-refractivity contribution in [1.29, 1.82) is 0 Å². The van der Waals surface area contributed by atoms with E-state index in [4.69, 9.17) is 4.74 Å². The third kappa shape index (κ3) is 3.49. The van der Waals surface area contributed by atoms with Crippen molar-refractivity contribution in [3.05, 3.63) is 29.3 Å². The lowest BCUT2D eigenvalue weighted by Crippen LogP contribution is -2.43. The minimum Gasteiger partial charge on any atom is -0.497 e. The first-order valence-electron chi connectivity index (χ1n) is 6.36. The molecule has 3 heteroatoms. The fraction of sp³-hybridized carbons (Fsp3) is 0.467. The van der Waals surface area contributed by atoms with E-state index in [0.29, 0.717) is 0 Å². The summed E-state index contributed by atoms with van der Waals surface area (Å²) in [6, 6.07) is 6.01. The van der Waals surface area contributed by atoms with E-state index in [1.807, 2.05) is 18.2 Å². The number of rotatable bonds is 2. The molecular formula is C15H20N2O. The standard InChI is InChI=1S/C15H20N2O/c1-13-12-15(18-2)6-5-14(13)4-3-9-17-10-7-16-8-11-17/h5-6,12,16H,7-11H2,1-2H3. The molecule has 1 fully saturated rings. The van der Waals surface area contributed by atoms with E-state index in [9.17, 15) is 0 Å². The molecule has 0 unspecified atom stereocenters. The van der Waals surface area contributed by atoms with Gasteiger partial charge >= 0.3 is 0 Å². The van der Waals surface area contributed by atoms with Gasteiger partial charge in [-0.3, -0.25) is 4.90 Å². The summed E-state index contributed by atoms with van der Waals surface area (Å²) in [4.78, 5) is 2.38. The second kappa shape index (κ2) is 6.44. The Balaban J connectivity index is 1.96. The summed E-state index contributed by atoms with van der Waals surface area (Å²) in [5, 5.41) is 3.34. The summed E-state index contributed by atoms with van der Waals surface area (Å²) in [6.45, 7) is 7.25. The smallest absolute Gasteiger partial charge is 0.119 e. The minimum absolute atomic E-state index is 0.854. The number of nitrogens with zero attached hydrogens (tertiary/aromatic N) is 1. The molecule has 96 valence electrons. The van der Waals surface area contributed by atoms with Crippen molar-refractivity contribution in [2.75, 3.05) is 39.8 Å². The number of hydrogen-bond donors (Lipinski definition) is 1. The first kappa shape index (κ1) is 12.9. The second-order valence-electron chi connectivity index (χ2n) is 4.51. The molecule has 0 aliphatic carbocycles. The topological polar surface area (TPSA) is 24.5 Å². The van der Waals surface area contributed by atoms with Gasteiger partial charge in [0, 0.05) is 31.7 Å². The van der Waals surface area contributed by atoms with Crippen LogP contribution in [0.15, 0.2) is 18.2 Å². The molecule has 0 saturated carbocycles. The molecule has 3 nitrogen and oxygen atoms in total. The van der Waals surface area contributed by atoms with Crippen molar-refractivity contribution in [1.82, 2.24) is 10.2 Å². The number of piperazine rings is 1. The summed E-state index contributed by atoms with van der Waals surface area (Å²) in [6.07, 6.45) is 0. The van der Waals surface area contributed by atoms with Crippen LogP contribution in [-0.4, -0.2) is 44.7 Å². The number of ether oxygens (including phenoxy) is 1. The number of benzene rings is 1. The summed E-state index contributed by atoms with van der Waals surface area (Å²) in [5.41, 5.74) is 2.26. The summed E-state index contributed by atoms with van der Waals surface area (Å²) in [7, 11) is 1.69. The molecule has 0 aromatic heterocycles. The van der Waals surface area contributed by atoms with Gasteiger partial charge in [-0.2, -0.15) is 0 Å². The average molecular weight is 244 g/mol. The Morgan fingerprint density at radius 2 is 2.11 bits per heavy atom. The highest BCUT2D eigenvalue weighted by Crippen LogP contribution is 2.15. The third-order valence-corrected chi connectivity index (χ3v) is 3.17. The summed E-state index contributed by atoms with van der Waals surface area (Å²) < 4.78 is 5.19. The van der Waals surface area contributed by atoms with E-state index < -0.39 is 0 Å². The number of hydrogen-bond acceptors (Lipinski definition) is 3. The van der Waals surface area contributed by atoms with Gasteiger partial charge in [-0.05, 0) is 30.7 Å². The number of aryl methyl sites for hydroxylation is 1. The van der Waals surface area contributed by atoms with Crippen molar-refractivity contribution >= 4 is 0 Å². The minimum atomic E-state index is 0.854. The molecule has 1 aromatic carbocycles. The number of methoxy groups -OCH3 is 1. The van der Waals surface area contributed by atoms with Gasteiger partial charge in [0.05, 0.1) is 13.7 Å². The van der Waals surface area contributed by atoms with Gasteiger partial charge in [0.2, 0.25) is 0 Å². The van der Waals surface area contributed by atoms with Crippen LogP contribution >= 0.6 is 0 Å². The molecule has 1 aromatic rings. The van der Waals surface area contributed by atoms with E-state index in [1.54, 1.807) is 7.11 Å². The molecule has 1 heterocycles. The van der Waals surface area contributed by atoms with Crippen LogP contribution in [-0.2, 0) is 0 Å². The van der Waals surface area contributed by atoms with Gasteiger partial charge in [0.25, 0.3) is 0 Å². The molecule has 0 amide bonds. The Hall–Kier alpha value is -1.50. The normalized spacial score (nSPS) is 15.9. The quantitative estimate of drug-likeness (QED) is 0.793. The Morgan fingerprint density at radius 3 is 2.78 bits per heavy atom. The van der Waals surface area contributed by atoms with Gasteiger partial charge in [0.15, 0.2) is 0 Å². The van der Waals surface area contributed by atoms with E-state index in [0.717, 1.165) is 44.0 Å². The Bertz CT molecular complexity index is 453. The molecule has 0 radical (unpaired) electrons. The Labute approximate surface area is 109 Å². The zero-order valence-corrected chi connectivity index (χ0v) is 11.1. The molecule has 2 rings (SSSR count). The zero-order valence-electron chi connectivity index (χ0n) is 11.1. The van der Waals surface area contributed by atoms with E-state index in [1.165, 1.54) is 5.56 Å². The number of nitrogens with one attached hydrogen (secondary N) is 1. The van der Waals surface area contributed by atoms with Crippen LogP contribution in [0.3, 0.4) is 0 Å². The molecular weight excluding hydrogens is 224 g/mol. The highest BCUT2D eigenvalue weighted by molar-refractivity contribution is 5.44. The maximum Gasteiger partial charge on any atom is 0.119 e. The Kier molecular flexibility index (Phi) is 4.63. The van der Waals surface area contributed by atoms with E-state index >= 15 is 0 Å². The molecule has 0 bridgehead atoms. The van der Waals surface area contributed by atoms with Crippen LogP contribution in [0.5, 0.6) is 5.75 Å².